The maximum absolute atomic E-state index is 10.6. The highest BCUT2D eigenvalue weighted by Crippen LogP contribution is 2.14. The van der Waals surface area contributed by atoms with Crippen LogP contribution in [0.25, 0.3) is 0 Å². The minimum Gasteiger partial charge on any atom is -0.480 e. The van der Waals surface area contributed by atoms with Crippen LogP contribution in [0.1, 0.15) is 12.8 Å². The van der Waals surface area contributed by atoms with Gasteiger partial charge in [-0.05, 0) is 31.8 Å². The molecule has 2 fully saturated rings. The third-order valence-electron chi connectivity index (χ3n) is 3.80. The Hall–Kier alpha value is -0.650. The molecule has 98 valence electrons. The van der Waals surface area contributed by atoms with Crippen LogP contribution in [0.2, 0.25) is 0 Å². The summed E-state index contributed by atoms with van der Waals surface area (Å²) >= 11 is 0. The minimum absolute atomic E-state index is 0.196. The SMILES string of the molecule is O=C(O)CN1CCN(CC2CCNCC2)CC1. The predicted molar refractivity (Wildman–Crippen MR) is 66.1 cm³/mol. The molecule has 5 heteroatoms. The molecule has 0 spiro atoms. The fourth-order valence-electron chi connectivity index (χ4n) is 2.75. The van der Waals surface area contributed by atoms with Gasteiger partial charge in [0.1, 0.15) is 0 Å². The lowest BCUT2D eigenvalue weighted by molar-refractivity contribution is -0.138. The smallest absolute Gasteiger partial charge is 0.317 e. The molecule has 2 N–H and O–H groups in total. The minimum atomic E-state index is -0.711. The molecule has 0 saturated carbocycles. The number of rotatable bonds is 4. The van der Waals surface area contributed by atoms with Crippen molar-refractivity contribution in [1.82, 2.24) is 15.1 Å². The summed E-state index contributed by atoms with van der Waals surface area (Å²) in [7, 11) is 0. The second-order valence-electron chi connectivity index (χ2n) is 5.16. The van der Waals surface area contributed by atoms with Gasteiger partial charge < -0.3 is 15.3 Å². The van der Waals surface area contributed by atoms with Crippen molar-refractivity contribution in [2.24, 2.45) is 5.92 Å². The molecule has 0 aromatic carbocycles. The van der Waals surface area contributed by atoms with Crippen LogP contribution >= 0.6 is 0 Å². The third kappa shape index (κ3) is 4.26. The number of hydrogen-bond donors (Lipinski definition) is 2. The van der Waals surface area contributed by atoms with Crippen molar-refractivity contribution in [2.45, 2.75) is 12.8 Å². The summed E-state index contributed by atoms with van der Waals surface area (Å²) in [6.07, 6.45) is 2.57. The van der Waals surface area contributed by atoms with Crippen LogP contribution in [-0.4, -0.2) is 73.2 Å². The molecular weight excluding hydrogens is 218 g/mol. The van der Waals surface area contributed by atoms with E-state index in [0.29, 0.717) is 0 Å². The number of aliphatic carboxylic acids is 1. The van der Waals surface area contributed by atoms with Crippen LogP contribution in [-0.2, 0) is 4.79 Å². The molecule has 0 bridgehead atoms. The summed E-state index contributed by atoms with van der Waals surface area (Å²) in [6, 6.07) is 0. The average molecular weight is 241 g/mol. The highest BCUT2D eigenvalue weighted by molar-refractivity contribution is 5.69. The number of nitrogens with zero attached hydrogens (tertiary/aromatic N) is 2. The van der Waals surface area contributed by atoms with Crippen molar-refractivity contribution >= 4 is 5.97 Å². The molecule has 17 heavy (non-hydrogen) atoms. The Morgan fingerprint density at radius 1 is 1.12 bits per heavy atom. The third-order valence-corrected chi connectivity index (χ3v) is 3.80. The Balaban J connectivity index is 1.66. The van der Waals surface area contributed by atoms with E-state index in [0.717, 1.165) is 45.2 Å². The topological polar surface area (TPSA) is 55.8 Å². The lowest BCUT2D eigenvalue weighted by Crippen LogP contribution is -2.49. The summed E-state index contributed by atoms with van der Waals surface area (Å²) in [5.41, 5.74) is 0. The van der Waals surface area contributed by atoms with Crippen LogP contribution in [0.15, 0.2) is 0 Å². The Bertz CT molecular complexity index is 246. The zero-order valence-electron chi connectivity index (χ0n) is 10.4. The van der Waals surface area contributed by atoms with Crippen molar-refractivity contribution in [3.63, 3.8) is 0 Å². The van der Waals surface area contributed by atoms with Crippen LogP contribution < -0.4 is 5.32 Å². The van der Waals surface area contributed by atoms with Crippen LogP contribution in [0.4, 0.5) is 0 Å². The Morgan fingerprint density at radius 2 is 1.71 bits per heavy atom. The van der Waals surface area contributed by atoms with Crippen LogP contribution in [0.3, 0.4) is 0 Å². The molecule has 2 aliphatic heterocycles. The summed E-state index contributed by atoms with van der Waals surface area (Å²) in [6.45, 7) is 7.56. The fraction of sp³-hybridized carbons (Fsp3) is 0.917. The first-order valence-corrected chi connectivity index (χ1v) is 6.61. The van der Waals surface area contributed by atoms with E-state index in [2.05, 4.69) is 10.2 Å². The zero-order valence-corrected chi connectivity index (χ0v) is 10.4. The summed E-state index contributed by atoms with van der Waals surface area (Å²) in [5, 5.41) is 12.1. The lowest BCUT2D eigenvalue weighted by Gasteiger charge is -2.36. The molecule has 2 aliphatic rings. The first-order valence-electron chi connectivity index (χ1n) is 6.61. The van der Waals surface area contributed by atoms with Crippen LogP contribution in [0.5, 0.6) is 0 Å². The van der Waals surface area contributed by atoms with Gasteiger partial charge in [-0.25, -0.2) is 0 Å². The fourth-order valence-corrected chi connectivity index (χ4v) is 2.75. The molecule has 0 atom stereocenters. The number of carboxylic acid groups (broad SMARTS) is 1. The normalized spacial score (nSPS) is 24.9. The van der Waals surface area contributed by atoms with Gasteiger partial charge in [-0.15, -0.1) is 0 Å². The van der Waals surface area contributed by atoms with E-state index >= 15 is 0 Å². The molecule has 0 aromatic heterocycles. The molecule has 0 unspecified atom stereocenters. The van der Waals surface area contributed by atoms with E-state index in [1.165, 1.54) is 19.4 Å². The molecule has 0 aromatic rings. The van der Waals surface area contributed by atoms with Gasteiger partial charge in [0.05, 0.1) is 6.54 Å². The maximum atomic E-state index is 10.6. The largest absolute Gasteiger partial charge is 0.480 e. The highest BCUT2D eigenvalue weighted by atomic mass is 16.4. The van der Waals surface area contributed by atoms with E-state index in [4.69, 9.17) is 5.11 Å². The zero-order chi connectivity index (χ0) is 12.1. The standard InChI is InChI=1S/C12H23N3O2/c16-12(17)10-15-7-5-14(6-8-15)9-11-1-3-13-4-2-11/h11,13H,1-10H2,(H,16,17). The number of carboxylic acids is 1. The Kier molecular flexibility index (Phi) is 4.76. The van der Waals surface area contributed by atoms with E-state index in [1.54, 1.807) is 0 Å². The summed E-state index contributed by atoms with van der Waals surface area (Å²) in [5.74, 6) is 0.124. The van der Waals surface area contributed by atoms with Crippen molar-refractivity contribution in [2.75, 3.05) is 52.4 Å². The van der Waals surface area contributed by atoms with Gasteiger partial charge in [0, 0.05) is 32.7 Å². The maximum Gasteiger partial charge on any atom is 0.317 e. The first kappa shape index (κ1) is 12.8. The molecule has 5 nitrogen and oxygen atoms in total. The van der Waals surface area contributed by atoms with E-state index in [-0.39, 0.29) is 6.54 Å². The van der Waals surface area contributed by atoms with Crippen LogP contribution in [0, 0.1) is 5.92 Å². The van der Waals surface area contributed by atoms with Crippen molar-refractivity contribution in [3.8, 4) is 0 Å². The van der Waals surface area contributed by atoms with Crippen molar-refractivity contribution < 1.29 is 9.90 Å². The van der Waals surface area contributed by atoms with Gasteiger partial charge in [0.2, 0.25) is 0 Å². The number of carbonyl (C=O) groups is 1. The Labute approximate surface area is 103 Å². The first-order chi connectivity index (χ1) is 8.24. The monoisotopic (exact) mass is 241 g/mol. The van der Waals surface area contributed by atoms with E-state index in [9.17, 15) is 4.79 Å². The van der Waals surface area contributed by atoms with Gasteiger partial charge in [0.25, 0.3) is 0 Å². The lowest BCUT2D eigenvalue weighted by atomic mass is 9.97. The van der Waals surface area contributed by atoms with Crippen molar-refractivity contribution in [1.29, 1.82) is 0 Å². The van der Waals surface area contributed by atoms with Gasteiger partial charge in [-0.1, -0.05) is 0 Å². The second-order valence-corrected chi connectivity index (χ2v) is 5.16. The van der Waals surface area contributed by atoms with Gasteiger partial charge >= 0.3 is 5.97 Å². The quantitative estimate of drug-likeness (QED) is 0.707. The van der Waals surface area contributed by atoms with Gasteiger partial charge in [-0.2, -0.15) is 0 Å². The summed E-state index contributed by atoms with van der Waals surface area (Å²) in [4.78, 5) is 15.1. The molecule has 0 amide bonds. The number of piperidine rings is 1. The number of nitrogens with one attached hydrogen (secondary N) is 1. The second kappa shape index (κ2) is 6.33. The van der Waals surface area contributed by atoms with E-state index < -0.39 is 5.97 Å². The number of piperazine rings is 1. The highest BCUT2D eigenvalue weighted by Gasteiger charge is 2.22. The van der Waals surface area contributed by atoms with Gasteiger partial charge in [0.15, 0.2) is 0 Å². The molecule has 2 saturated heterocycles. The predicted octanol–water partition coefficient (Wildman–Crippen LogP) is -0.312. The Morgan fingerprint density at radius 3 is 2.29 bits per heavy atom. The average Bonchev–Trinajstić information content (AvgIpc) is 2.32. The summed E-state index contributed by atoms with van der Waals surface area (Å²) < 4.78 is 0. The molecule has 2 rings (SSSR count). The molecule has 2 heterocycles. The molecule has 0 aliphatic carbocycles. The molecule has 0 radical (unpaired) electrons. The van der Waals surface area contributed by atoms with Crippen molar-refractivity contribution in [3.05, 3.63) is 0 Å². The molecular formula is C12H23N3O2. The number of hydrogen-bond acceptors (Lipinski definition) is 4. The van der Waals surface area contributed by atoms with Gasteiger partial charge in [-0.3, -0.25) is 9.69 Å². The van der Waals surface area contributed by atoms with E-state index in [1.807, 2.05) is 4.90 Å².